The number of hydrogen-bond donors (Lipinski definition) is 0. The summed E-state index contributed by atoms with van der Waals surface area (Å²) in [6.07, 6.45) is 7.12. The predicted molar refractivity (Wildman–Crippen MR) is 147 cm³/mol. The van der Waals surface area contributed by atoms with E-state index in [4.69, 9.17) is 4.98 Å². The van der Waals surface area contributed by atoms with Crippen LogP contribution in [0.3, 0.4) is 0 Å². The molecule has 3 heteroatoms. The molecule has 4 fully saturated rings. The Morgan fingerprint density at radius 1 is 0.686 bits per heavy atom. The third-order valence-electron chi connectivity index (χ3n) is 8.68. The van der Waals surface area contributed by atoms with Gasteiger partial charge in [0.2, 0.25) is 0 Å². The summed E-state index contributed by atoms with van der Waals surface area (Å²) in [7, 11) is 0. The van der Waals surface area contributed by atoms with E-state index in [-0.39, 0.29) is 0 Å². The van der Waals surface area contributed by atoms with Gasteiger partial charge in [-0.25, -0.2) is 4.98 Å². The zero-order valence-electron chi connectivity index (χ0n) is 20.3. The summed E-state index contributed by atoms with van der Waals surface area (Å²) in [5.41, 5.74) is 6.16. The molecule has 4 saturated carbocycles. The predicted octanol–water partition coefficient (Wildman–Crippen LogP) is 8.75. The second-order valence-corrected chi connectivity index (χ2v) is 12.0. The van der Waals surface area contributed by atoms with Crippen molar-refractivity contribution >= 4 is 22.0 Å². The first-order chi connectivity index (χ1) is 17.2. The van der Waals surface area contributed by atoms with Crippen LogP contribution in [0.4, 0.5) is 10.7 Å². The second-order valence-electron chi connectivity index (χ2n) is 11.0. The highest BCUT2D eigenvalue weighted by Gasteiger charge is 2.51. The minimum Gasteiger partial charge on any atom is -0.328 e. The zero-order chi connectivity index (χ0) is 23.4. The van der Waals surface area contributed by atoms with Crippen LogP contribution in [0.15, 0.2) is 84.9 Å². The Balaban J connectivity index is 1.41. The number of benzene rings is 3. The van der Waals surface area contributed by atoms with Crippen LogP contribution in [0.5, 0.6) is 0 Å². The fourth-order valence-electron chi connectivity index (χ4n) is 7.41. The molecule has 1 heterocycles. The third kappa shape index (κ3) is 3.81. The van der Waals surface area contributed by atoms with Gasteiger partial charge in [0.25, 0.3) is 0 Å². The first kappa shape index (κ1) is 21.4. The molecular weight excluding hydrogens is 444 g/mol. The average molecular weight is 477 g/mol. The van der Waals surface area contributed by atoms with Crippen LogP contribution >= 0.6 is 11.3 Å². The topological polar surface area (TPSA) is 16.1 Å². The van der Waals surface area contributed by atoms with E-state index >= 15 is 0 Å². The number of para-hydroxylation sites is 1. The van der Waals surface area contributed by atoms with Gasteiger partial charge in [-0.2, -0.15) is 0 Å². The number of thiazole rings is 1. The van der Waals surface area contributed by atoms with Crippen molar-refractivity contribution in [3.8, 4) is 21.8 Å². The van der Waals surface area contributed by atoms with Crippen molar-refractivity contribution in [3.05, 3.63) is 90.5 Å². The standard InChI is InChI=1S/C32H32N2S/c1-21-12-14-25(15-13-21)31-33-29(24-8-4-2-5-9-24)32(35-31)34(28-10-6-3-7-11-28)30-26-17-22-16-23(19-26)20-27(30)18-22/h2-15,22-23,26-27,30H,16-20H2,1H3. The van der Waals surface area contributed by atoms with E-state index in [1.54, 1.807) is 0 Å². The fourth-order valence-corrected chi connectivity index (χ4v) is 8.57. The molecule has 8 rings (SSSR count). The Kier molecular flexibility index (Phi) is 5.28. The van der Waals surface area contributed by atoms with Crippen LogP contribution in [0, 0.1) is 30.6 Å². The maximum Gasteiger partial charge on any atom is 0.126 e. The molecule has 176 valence electrons. The summed E-state index contributed by atoms with van der Waals surface area (Å²) in [4.78, 5) is 8.04. The van der Waals surface area contributed by atoms with Gasteiger partial charge >= 0.3 is 0 Å². The Hall–Kier alpha value is -2.91. The van der Waals surface area contributed by atoms with E-state index in [0.29, 0.717) is 6.04 Å². The fraction of sp³-hybridized carbons (Fsp3) is 0.344. The first-order valence-corrected chi connectivity index (χ1v) is 14.0. The molecule has 2 nitrogen and oxygen atoms in total. The van der Waals surface area contributed by atoms with Crippen LogP contribution in [-0.2, 0) is 0 Å². The number of aryl methyl sites for hydroxylation is 1. The molecule has 0 saturated heterocycles. The van der Waals surface area contributed by atoms with Crippen molar-refractivity contribution in [3.63, 3.8) is 0 Å². The van der Waals surface area contributed by atoms with E-state index in [0.717, 1.165) is 34.4 Å². The average Bonchev–Trinajstić information content (AvgIpc) is 3.32. The summed E-state index contributed by atoms with van der Waals surface area (Å²) < 4.78 is 0. The zero-order valence-corrected chi connectivity index (χ0v) is 21.1. The van der Waals surface area contributed by atoms with Gasteiger partial charge in [-0.15, -0.1) is 0 Å². The van der Waals surface area contributed by atoms with Gasteiger partial charge in [0, 0.05) is 22.9 Å². The molecule has 4 aliphatic carbocycles. The number of hydrogen-bond acceptors (Lipinski definition) is 3. The Morgan fingerprint density at radius 2 is 1.29 bits per heavy atom. The SMILES string of the molecule is Cc1ccc(-c2nc(-c3ccccc3)c(N(c3ccccc3)C3C4CC5CC(C4)CC3C5)s2)cc1. The number of anilines is 2. The minimum absolute atomic E-state index is 0.569. The highest BCUT2D eigenvalue weighted by atomic mass is 32.1. The smallest absolute Gasteiger partial charge is 0.126 e. The molecule has 4 aromatic rings. The van der Waals surface area contributed by atoms with Gasteiger partial charge in [-0.3, -0.25) is 0 Å². The second kappa shape index (κ2) is 8.64. The van der Waals surface area contributed by atoms with Crippen LogP contribution in [-0.4, -0.2) is 11.0 Å². The van der Waals surface area contributed by atoms with Crippen LogP contribution in [0.25, 0.3) is 21.8 Å². The number of aromatic nitrogens is 1. The maximum absolute atomic E-state index is 5.32. The lowest BCUT2D eigenvalue weighted by Crippen LogP contribution is -2.54. The lowest BCUT2D eigenvalue weighted by molar-refractivity contribution is 0.000706. The van der Waals surface area contributed by atoms with Crippen LogP contribution in [0.2, 0.25) is 0 Å². The molecule has 0 N–H and O–H groups in total. The van der Waals surface area contributed by atoms with E-state index in [2.05, 4.69) is 96.8 Å². The van der Waals surface area contributed by atoms with Gasteiger partial charge in [0.15, 0.2) is 0 Å². The summed E-state index contributed by atoms with van der Waals surface area (Å²) in [6.45, 7) is 2.15. The van der Waals surface area contributed by atoms with Gasteiger partial charge in [-0.1, -0.05) is 89.7 Å². The Labute approximate surface area is 212 Å². The summed E-state index contributed by atoms with van der Waals surface area (Å²) in [6, 6.07) is 31.4. The third-order valence-corrected chi connectivity index (χ3v) is 9.79. The van der Waals surface area contributed by atoms with E-state index in [1.807, 2.05) is 11.3 Å². The van der Waals surface area contributed by atoms with Crippen molar-refractivity contribution in [2.75, 3.05) is 4.90 Å². The van der Waals surface area contributed by atoms with Crippen LogP contribution < -0.4 is 4.90 Å². The minimum atomic E-state index is 0.569. The molecule has 0 amide bonds. The van der Waals surface area contributed by atoms with E-state index < -0.39 is 0 Å². The number of nitrogens with zero attached hydrogens (tertiary/aromatic N) is 2. The molecule has 0 spiro atoms. The molecule has 0 atom stereocenters. The molecule has 0 radical (unpaired) electrons. The first-order valence-electron chi connectivity index (χ1n) is 13.2. The van der Waals surface area contributed by atoms with Gasteiger partial charge in [-0.05, 0) is 74.8 Å². The van der Waals surface area contributed by atoms with Crippen molar-refractivity contribution in [2.45, 2.75) is 45.1 Å². The molecule has 0 aliphatic heterocycles. The highest BCUT2D eigenvalue weighted by Crippen LogP contribution is 2.58. The van der Waals surface area contributed by atoms with Crippen molar-refractivity contribution < 1.29 is 0 Å². The van der Waals surface area contributed by atoms with Gasteiger partial charge in [0.1, 0.15) is 15.7 Å². The van der Waals surface area contributed by atoms with Crippen molar-refractivity contribution in [1.29, 1.82) is 0 Å². The largest absolute Gasteiger partial charge is 0.328 e. The molecule has 4 aliphatic rings. The van der Waals surface area contributed by atoms with Gasteiger partial charge < -0.3 is 4.90 Å². The quantitative estimate of drug-likeness (QED) is 0.286. The Bertz CT molecular complexity index is 1280. The molecule has 4 bridgehead atoms. The summed E-state index contributed by atoms with van der Waals surface area (Å²) in [5.74, 6) is 3.51. The van der Waals surface area contributed by atoms with Gasteiger partial charge in [0.05, 0.1) is 0 Å². The summed E-state index contributed by atoms with van der Waals surface area (Å²) in [5, 5.41) is 2.43. The molecule has 35 heavy (non-hydrogen) atoms. The van der Waals surface area contributed by atoms with E-state index in [9.17, 15) is 0 Å². The van der Waals surface area contributed by atoms with Crippen molar-refractivity contribution in [2.24, 2.45) is 23.7 Å². The lowest BCUT2D eigenvalue weighted by atomic mass is 9.54. The maximum atomic E-state index is 5.32. The van der Waals surface area contributed by atoms with Crippen LogP contribution in [0.1, 0.15) is 37.7 Å². The number of rotatable bonds is 5. The molecule has 1 aromatic heterocycles. The molecular formula is C32H32N2S. The molecule has 0 unspecified atom stereocenters. The summed E-state index contributed by atoms with van der Waals surface area (Å²) >= 11 is 1.88. The van der Waals surface area contributed by atoms with Crippen molar-refractivity contribution in [1.82, 2.24) is 4.98 Å². The highest BCUT2D eigenvalue weighted by molar-refractivity contribution is 7.19. The monoisotopic (exact) mass is 476 g/mol. The lowest BCUT2D eigenvalue weighted by Gasteiger charge is -2.57. The normalized spacial score (nSPS) is 26.7. The Morgan fingerprint density at radius 3 is 1.91 bits per heavy atom. The molecule has 3 aromatic carbocycles. The van der Waals surface area contributed by atoms with E-state index in [1.165, 1.54) is 59.5 Å².